The molecule has 0 radical (unpaired) electrons. The number of ether oxygens (including phenoxy) is 2. The second-order valence-corrected chi connectivity index (χ2v) is 6.46. The molecule has 2 N–H and O–H groups in total. The zero-order chi connectivity index (χ0) is 20.0. The molecule has 0 saturated carbocycles. The fraction of sp³-hybridized carbons (Fsp3) is 0.474. The molecule has 0 amide bonds. The molecule has 8 heteroatoms. The van der Waals surface area contributed by atoms with Crippen LogP contribution < -0.4 is 0 Å². The van der Waals surface area contributed by atoms with Gasteiger partial charge in [-0.25, -0.2) is 4.79 Å². The summed E-state index contributed by atoms with van der Waals surface area (Å²) in [6.45, 7) is 1.96. The minimum atomic E-state index is -1.04. The summed E-state index contributed by atoms with van der Waals surface area (Å²) in [4.78, 5) is 43.4. The lowest BCUT2D eigenvalue weighted by Crippen LogP contribution is -2.18. The van der Waals surface area contributed by atoms with E-state index in [1.165, 1.54) is 0 Å². The van der Waals surface area contributed by atoms with E-state index in [-0.39, 0.29) is 18.3 Å². The fourth-order valence-corrected chi connectivity index (χ4v) is 3.09. The van der Waals surface area contributed by atoms with Crippen LogP contribution in [-0.2, 0) is 28.7 Å². The highest BCUT2D eigenvalue weighted by Crippen LogP contribution is 2.35. The largest absolute Gasteiger partial charge is 0.481 e. The first-order chi connectivity index (χ1) is 12.8. The molecule has 1 aromatic rings. The number of carbonyl (C=O) groups excluding carboxylic acids is 2. The van der Waals surface area contributed by atoms with E-state index in [4.69, 9.17) is 14.9 Å². The lowest BCUT2D eigenvalue weighted by molar-refractivity contribution is -0.157. The van der Waals surface area contributed by atoms with E-state index in [9.17, 15) is 19.2 Å². The van der Waals surface area contributed by atoms with Gasteiger partial charge >= 0.3 is 23.9 Å². The maximum Gasteiger partial charge on any atom is 0.345 e. The van der Waals surface area contributed by atoms with Crippen molar-refractivity contribution in [2.24, 2.45) is 11.8 Å². The second-order valence-electron chi connectivity index (χ2n) is 6.46. The van der Waals surface area contributed by atoms with Crippen LogP contribution in [0.2, 0.25) is 0 Å². The molecule has 1 aromatic carbocycles. The zero-order valence-corrected chi connectivity index (χ0v) is 14.9. The van der Waals surface area contributed by atoms with Crippen LogP contribution in [0, 0.1) is 11.8 Å². The van der Waals surface area contributed by atoms with E-state index >= 15 is 0 Å². The highest BCUT2D eigenvalue weighted by atomic mass is 16.6. The van der Waals surface area contributed by atoms with Gasteiger partial charge in [0, 0.05) is 6.42 Å². The van der Waals surface area contributed by atoms with Crippen molar-refractivity contribution >= 4 is 23.9 Å². The summed E-state index contributed by atoms with van der Waals surface area (Å²) in [7, 11) is 0. The summed E-state index contributed by atoms with van der Waals surface area (Å²) >= 11 is 0. The number of rotatable bonds is 5. The molecule has 0 aliphatic carbocycles. The molecule has 2 aliphatic heterocycles. The van der Waals surface area contributed by atoms with Crippen molar-refractivity contribution in [3.05, 3.63) is 35.9 Å². The van der Waals surface area contributed by atoms with Crippen molar-refractivity contribution in [3.8, 4) is 0 Å². The highest BCUT2D eigenvalue weighted by molar-refractivity contribution is 5.83. The molecule has 2 saturated heterocycles. The van der Waals surface area contributed by atoms with E-state index < -0.39 is 36.0 Å². The van der Waals surface area contributed by atoms with Gasteiger partial charge in [0.05, 0.1) is 12.3 Å². The smallest absolute Gasteiger partial charge is 0.345 e. The third-order valence-electron chi connectivity index (χ3n) is 4.46. The Morgan fingerprint density at radius 1 is 1.07 bits per heavy atom. The van der Waals surface area contributed by atoms with Crippen LogP contribution in [0.1, 0.15) is 44.3 Å². The van der Waals surface area contributed by atoms with Gasteiger partial charge < -0.3 is 19.7 Å². The Morgan fingerprint density at radius 3 is 2.26 bits per heavy atom. The summed E-state index contributed by atoms with van der Waals surface area (Å²) in [5.74, 6) is -3.80. The van der Waals surface area contributed by atoms with Crippen molar-refractivity contribution in [1.29, 1.82) is 0 Å². The molecule has 4 unspecified atom stereocenters. The van der Waals surface area contributed by atoms with Gasteiger partial charge in [0.25, 0.3) is 0 Å². The quantitative estimate of drug-likeness (QED) is 0.746. The van der Waals surface area contributed by atoms with Crippen LogP contribution in [0.4, 0.5) is 0 Å². The Morgan fingerprint density at radius 2 is 1.74 bits per heavy atom. The summed E-state index contributed by atoms with van der Waals surface area (Å²) in [6.07, 6.45) is 0.344. The van der Waals surface area contributed by atoms with Gasteiger partial charge in [0.15, 0.2) is 6.10 Å². The Bertz CT molecular complexity index is 699. The van der Waals surface area contributed by atoms with Crippen LogP contribution in [0.15, 0.2) is 30.3 Å². The number of hydrogen-bond acceptors (Lipinski definition) is 6. The average molecular weight is 378 g/mol. The first-order valence-electron chi connectivity index (χ1n) is 8.74. The van der Waals surface area contributed by atoms with Gasteiger partial charge in [-0.3, -0.25) is 14.4 Å². The van der Waals surface area contributed by atoms with Gasteiger partial charge in [0.2, 0.25) is 0 Å². The molecule has 8 nitrogen and oxygen atoms in total. The fourth-order valence-electron chi connectivity index (χ4n) is 3.09. The summed E-state index contributed by atoms with van der Waals surface area (Å²) in [6, 6.07) is 8.94. The third kappa shape index (κ3) is 5.29. The Balaban J connectivity index is 0.000000199. The van der Waals surface area contributed by atoms with Gasteiger partial charge in [-0.1, -0.05) is 43.7 Å². The van der Waals surface area contributed by atoms with E-state index in [1.807, 2.05) is 13.0 Å². The topological polar surface area (TPSA) is 127 Å². The Hall–Kier alpha value is -2.90. The molecular formula is C19H22O8. The van der Waals surface area contributed by atoms with E-state index in [1.54, 1.807) is 24.3 Å². The van der Waals surface area contributed by atoms with Gasteiger partial charge in [-0.05, 0) is 12.0 Å². The summed E-state index contributed by atoms with van der Waals surface area (Å²) in [5.41, 5.74) is 0.732. The molecular weight excluding hydrogens is 356 g/mol. The Labute approximate surface area is 156 Å². The number of carboxylic acid groups (broad SMARTS) is 2. The van der Waals surface area contributed by atoms with E-state index in [0.29, 0.717) is 6.42 Å². The van der Waals surface area contributed by atoms with Crippen molar-refractivity contribution in [3.63, 3.8) is 0 Å². The number of benzene rings is 1. The minimum absolute atomic E-state index is 0.0467. The van der Waals surface area contributed by atoms with Crippen molar-refractivity contribution < 1.29 is 38.9 Å². The standard InChI is InChI=1S/C11H10O4.C8H12O4/c12-9-6-8(11(13)14)10(15-9)7-4-2-1-3-5-7;1-2-3-5-4-6(7(9)10)12-8(5)11/h1-5,8,10H,6H2,(H,13,14);5-6H,2-4H2,1H3,(H,9,10). The number of hydrogen-bond donors (Lipinski definition) is 2. The first kappa shape index (κ1) is 20.4. The number of cyclic esters (lactones) is 2. The number of carboxylic acids is 2. The van der Waals surface area contributed by atoms with E-state index in [2.05, 4.69) is 4.74 Å². The normalized spacial score (nSPS) is 26.6. The van der Waals surface area contributed by atoms with Crippen LogP contribution in [0.5, 0.6) is 0 Å². The van der Waals surface area contributed by atoms with Gasteiger partial charge in [0.1, 0.15) is 12.0 Å². The minimum Gasteiger partial charge on any atom is -0.481 e. The predicted octanol–water partition coefficient (Wildman–Crippen LogP) is 2.18. The summed E-state index contributed by atoms with van der Waals surface area (Å²) < 4.78 is 9.65. The van der Waals surface area contributed by atoms with E-state index in [0.717, 1.165) is 18.4 Å². The molecule has 27 heavy (non-hydrogen) atoms. The van der Waals surface area contributed by atoms with Crippen LogP contribution in [0.25, 0.3) is 0 Å². The lowest BCUT2D eigenvalue weighted by Gasteiger charge is -2.13. The molecule has 146 valence electrons. The summed E-state index contributed by atoms with van der Waals surface area (Å²) in [5, 5.41) is 17.5. The van der Waals surface area contributed by atoms with Crippen molar-refractivity contribution in [1.82, 2.24) is 0 Å². The van der Waals surface area contributed by atoms with Crippen LogP contribution in [0.3, 0.4) is 0 Å². The SMILES string of the molecule is CCCC1CC(C(=O)O)OC1=O.O=C1CC(C(=O)O)C(c2ccccc2)O1. The first-order valence-corrected chi connectivity index (χ1v) is 8.74. The average Bonchev–Trinajstić information content (AvgIpc) is 3.20. The highest BCUT2D eigenvalue weighted by Gasteiger charge is 2.40. The van der Waals surface area contributed by atoms with Crippen LogP contribution >= 0.6 is 0 Å². The molecule has 0 spiro atoms. The molecule has 0 bridgehead atoms. The maximum atomic E-state index is 11.1. The molecule has 2 fully saturated rings. The second kappa shape index (κ2) is 9.16. The van der Waals surface area contributed by atoms with Gasteiger partial charge in [-0.2, -0.15) is 0 Å². The number of aliphatic carboxylic acids is 2. The third-order valence-corrected chi connectivity index (χ3v) is 4.46. The molecule has 4 atom stereocenters. The Kier molecular flexibility index (Phi) is 6.92. The predicted molar refractivity (Wildman–Crippen MR) is 91.5 cm³/mol. The number of esters is 2. The molecule has 2 aliphatic rings. The maximum absolute atomic E-state index is 11.1. The zero-order valence-electron chi connectivity index (χ0n) is 14.9. The molecule has 2 heterocycles. The monoisotopic (exact) mass is 378 g/mol. The van der Waals surface area contributed by atoms with Crippen molar-refractivity contribution in [2.75, 3.05) is 0 Å². The number of carbonyl (C=O) groups is 4. The molecule has 3 rings (SSSR count). The van der Waals surface area contributed by atoms with Gasteiger partial charge in [-0.15, -0.1) is 0 Å². The molecule has 0 aromatic heterocycles. The van der Waals surface area contributed by atoms with Crippen LogP contribution in [-0.4, -0.2) is 40.2 Å². The van der Waals surface area contributed by atoms with Crippen molar-refractivity contribution in [2.45, 2.75) is 44.8 Å². The lowest BCUT2D eigenvalue weighted by atomic mass is 9.95.